The first kappa shape index (κ1) is 16.9. The lowest BCUT2D eigenvalue weighted by atomic mass is 9.98. The van der Waals surface area contributed by atoms with E-state index in [1.54, 1.807) is 6.07 Å². The number of hydrogen-bond acceptors (Lipinski definition) is 4. The van der Waals surface area contributed by atoms with Crippen LogP contribution in [0.1, 0.15) is 0 Å². The summed E-state index contributed by atoms with van der Waals surface area (Å²) in [6, 6.07) is 13.8. The molecular formula is C20H17ClO4S. The summed E-state index contributed by atoms with van der Waals surface area (Å²) < 4.78 is 0. The highest BCUT2D eigenvalue weighted by Crippen LogP contribution is 2.68. The summed E-state index contributed by atoms with van der Waals surface area (Å²) in [4.78, 5) is 2.39. The summed E-state index contributed by atoms with van der Waals surface area (Å²) in [6.07, 6.45) is 4.38. The molecule has 0 saturated heterocycles. The van der Waals surface area contributed by atoms with Crippen molar-refractivity contribution >= 4 is 21.6 Å². The van der Waals surface area contributed by atoms with Crippen molar-refractivity contribution < 1.29 is 20.4 Å². The molecule has 0 aliphatic carbocycles. The van der Waals surface area contributed by atoms with E-state index >= 15 is 0 Å². The lowest BCUT2D eigenvalue weighted by Gasteiger charge is -2.28. The molecule has 1 aliphatic heterocycles. The fourth-order valence-corrected chi connectivity index (χ4v) is 6.23. The van der Waals surface area contributed by atoms with Gasteiger partial charge in [-0.2, -0.15) is 10.0 Å². The predicted octanol–water partition coefficient (Wildman–Crippen LogP) is 5.29. The molecule has 0 spiro atoms. The molecule has 0 atom stereocenters. The number of aromatic hydroxyl groups is 4. The summed E-state index contributed by atoms with van der Waals surface area (Å²) in [6.45, 7) is 0. The van der Waals surface area contributed by atoms with E-state index in [1.807, 2.05) is 24.3 Å². The Kier molecular flexibility index (Phi) is 3.58. The van der Waals surface area contributed by atoms with Crippen LogP contribution in [-0.2, 0) is 0 Å². The molecule has 6 heteroatoms. The largest absolute Gasteiger partial charge is 0.504 e. The van der Waals surface area contributed by atoms with Crippen LogP contribution in [0, 0.1) is 0 Å². The van der Waals surface area contributed by atoms with Crippen LogP contribution in [0.25, 0.3) is 22.3 Å². The quantitative estimate of drug-likeness (QED) is 0.337. The van der Waals surface area contributed by atoms with Crippen molar-refractivity contribution in [3.05, 3.63) is 47.5 Å². The van der Waals surface area contributed by atoms with Gasteiger partial charge in [0.25, 0.3) is 0 Å². The summed E-state index contributed by atoms with van der Waals surface area (Å²) in [5, 5.41) is 40.0. The van der Waals surface area contributed by atoms with Crippen LogP contribution in [0.15, 0.2) is 52.3 Å². The van der Waals surface area contributed by atoms with Crippen LogP contribution in [0.3, 0.4) is 0 Å². The van der Waals surface area contributed by atoms with Gasteiger partial charge in [-0.05, 0) is 41.3 Å². The second-order valence-electron chi connectivity index (χ2n) is 6.62. The molecule has 3 aromatic rings. The van der Waals surface area contributed by atoms with E-state index in [0.717, 1.165) is 10.5 Å². The Labute approximate surface area is 157 Å². The van der Waals surface area contributed by atoms with Crippen LogP contribution in [-0.4, -0.2) is 32.9 Å². The summed E-state index contributed by atoms with van der Waals surface area (Å²) in [5.74, 6) is -2.44. The third-order valence-electron chi connectivity index (χ3n) is 4.89. The second-order valence-corrected chi connectivity index (χ2v) is 10.5. The topological polar surface area (TPSA) is 80.9 Å². The van der Waals surface area contributed by atoms with Gasteiger partial charge in [0, 0.05) is 9.79 Å². The molecular weight excluding hydrogens is 372 g/mol. The Morgan fingerprint density at radius 3 is 1.96 bits per heavy atom. The third kappa shape index (κ3) is 2.11. The molecule has 0 bridgehead atoms. The Morgan fingerprint density at radius 1 is 0.731 bits per heavy atom. The molecule has 4 nitrogen and oxygen atoms in total. The summed E-state index contributed by atoms with van der Waals surface area (Å²) in [7, 11) is -1.26. The van der Waals surface area contributed by atoms with Crippen molar-refractivity contribution in [1.82, 2.24) is 0 Å². The van der Waals surface area contributed by atoms with E-state index in [4.69, 9.17) is 11.6 Å². The van der Waals surface area contributed by atoms with Crippen molar-refractivity contribution in [1.29, 1.82) is 0 Å². The standard InChI is InChI=1S/C20H17ClO4S/c1-26(2)13-6-4-3-5-11(13)12-8-7-10(9-14(12)26)15-17(22)19(24)16(21)20(25)18(15)23/h3-9,22-25H,1-2H3. The maximum atomic E-state index is 10.3. The van der Waals surface area contributed by atoms with Gasteiger partial charge >= 0.3 is 0 Å². The molecule has 0 aromatic heterocycles. The molecule has 0 radical (unpaired) electrons. The van der Waals surface area contributed by atoms with E-state index in [1.165, 1.54) is 10.5 Å². The highest BCUT2D eigenvalue weighted by Gasteiger charge is 2.32. The smallest absolute Gasteiger partial charge is 0.181 e. The number of hydrogen-bond donors (Lipinski definition) is 4. The van der Waals surface area contributed by atoms with E-state index in [-0.39, 0.29) is 5.56 Å². The van der Waals surface area contributed by atoms with Crippen molar-refractivity contribution in [2.24, 2.45) is 0 Å². The van der Waals surface area contributed by atoms with E-state index in [2.05, 4.69) is 24.6 Å². The van der Waals surface area contributed by atoms with Crippen LogP contribution in [0.4, 0.5) is 0 Å². The second kappa shape index (κ2) is 5.50. The minimum absolute atomic E-state index is 0.0432. The molecule has 4 N–H and O–H groups in total. The number of fused-ring (bicyclic) bond motifs is 3. The van der Waals surface area contributed by atoms with Crippen molar-refractivity contribution in [3.8, 4) is 45.3 Å². The predicted molar refractivity (Wildman–Crippen MR) is 105 cm³/mol. The molecule has 0 amide bonds. The lowest BCUT2D eigenvalue weighted by Crippen LogP contribution is -1.93. The van der Waals surface area contributed by atoms with Crippen LogP contribution >= 0.6 is 21.6 Å². The van der Waals surface area contributed by atoms with Crippen LogP contribution in [0.5, 0.6) is 23.0 Å². The number of benzene rings is 3. The zero-order valence-electron chi connectivity index (χ0n) is 14.1. The maximum absolute atomic E-state index is 10.3. The zero-order chi connectivity index (χ0) is 18.8. The first-order chi connectivity index (χ1) is 12.2. The number of phenolic OH excluding ortho intramolecular Hbond substituents is 4. The SMILES string of the molecule is CS1(C)c2ccccc2-c2ccc(-c3c(O)c(O)c(Cl)c(O)c3O)cc21. The molecule has 4 rings (SSSR count). The van der Waals surface area contributed by atoms with Crippen molar-refractivity contribution in [2.45, 2.75) is 9.79 Å². The van der Waals surface area contributed by atoms with Gasteiger partial charge in [-0.25, -0.2) is 0 Å². The molecule has 134 valence electrons. The van der Waals surface area contributed by atoms with Gasteiger partial charge in [-0.1, -0.05) is 41.9 Å². The van der Waals surface area contributed by atoms with Crippen LogP contribution < -0.4 is 0 Å². The molecule has 1 aliphatic rings. The van der Waals surface area contributed by atoms with Gasteiger partial charge < -0.3 is 20.4 Å². The molecule has 0 unspecified atom stereocenters. The molecule has 26 heavy (non-hydrogen) atoms. The third-order valence-corrected chi connectivity index (χ3v) is 8.14. The minimum Gasteiger partial charge on any atom is -0.504 e. The van der Waals surface area contributed by atoms with Gasteiger partial charge in [0.15, 0.2) is 23.0 Å². The summed E-state index contributed by atoms with van der Waals surface area (Å²) in [5.41, 5.74) is 2.75. The van der Waals surface area contributed by atoms with E-state index in [9.17, 15) is 20.4 Å². The molecule has 0 saturated carbocycles. The summed E-state index contributed by atoms with van der Waals surface area (Å²) >= 11 is 5.73. The zero-order valence-corrected chi connectivity index (χ0v) is 15.7. The average Bonchev–Trinajstić information content (AvgIpc) is 2.86. The highest BCUT2D eigenvalue weighted by atomic mass is 35.5. The van der Waals surface area contributed by atoms with Crippen molar-refractivity contribution in [3.63, 3.8) is 0 Å². The maximum Gasteiger partial charge on any atom is 0.181 e. The molecule has 3 aromatic carbocycles. The normalized spacial score (nSPS) is 15.3. The van der Waals surface area contributed by atoms with Gasteiger partial charge in [-0.3, -0.25) is 0 Å². The van der Waals surface area contributed by atoms with Crippen LogP contribution in [0.2, 0.25) is 5.02 Å². The Balaban J connectivity index is 1.99. The van der Waals surface area contributed by atoms with Gasteiger partial charge in [-0.15, -0.1) is 0 Å². The van der Waals surface area contributed by atoms with Gasteiger partial charge in [0.05, 0.1) is 5.56 Å². The molecule has 0 fully saturated rings. The first-order valence-electron chi connectivity index (χ1n) is 7.87. The fraction of sp³-hybridized carbons (Fsp3) is 0.100. The number of rotatable bonds is 1. The Hall–Kier alpha value is -2.50. The Morgan fingerprint density at radius 2 is 1.31 bits per heavy atom. The van der Waals surface area contributed by atoms with Gasteiger partial charge in [0.2, 0.25) is 0 Å². The fourth-order valence-electron chi connectivity index (χ4n) is 3.52. The highest BCUT2D eigenvalue weighted by molar-refractivity contribution is 8.33. The van der Waals surface area contributed by atoms with E-state index < -0.39 is 38.0 Å². The first-order valence-corrected chi connectivity index (χ1v) is 10.7. The van der Waals surface area contributed by atoms with Crippen molar-refractivity contribution in [2.75, 3.05) is 12.5 Å². The monoisotopic (exact) mass is 388 g/mol. The number of phenols is 4. The lowest BCUT2D eigenvalue weighted by molar-refractivity contribution is 0.376. The minimum atomic E-state index is -1.26. The van der Waals surface area contributed by atoms with E-state index in [0.29, 0.717) is 5.56 Å². The molecule has 1 heterocycles. The Bertz CT molecular complexity index is 1050. The van der Waals surface area contributed by atoms with Gasteiger partial charge in [0.1, 0.15) is 5.02 Å². The number of halogens is 1. The average molecular weight is 389 g/mol.